The molecule has 0 N–H and O–H groups in total. The third kappa shape index (κ3) is 3.11. The molecule has 118 valence electrons. The number of rotatable bonds is 2. The fraction of sp³-hybridized carbons (Fsp3) is 0.571. The van der Waals surface area contributed by atoms with Crippen molar-refractivity contribution in [3.8, 4) is 5.95 Å². The molecule has 0 radical (unpaired) electrons. The normalized spacial score (nSPS) is 18.7. The van der Waals surface area contributed by atoms with Crippen LogP contribution in [0.1, 0.15) is 44.7 Å². The summed E-state index contributed by atoms with van der Waals surface area (Å²) in [6, 6.07) is -0.0513. The standard InChI is InChI=1S/C14H19N5O2S/c1-14(2,3)21-13(20)19-7-4-5-10(19)11-16-12(17-22-11)18-8-6-15-9-18/h6,8-10H,4-5,7H2,1-3H3. The minimum absolute atomic E-state index is 0.0513. The first-order valence-corrected chi connectivity index (χ1v) is 8.03. The Morgan fingerprint density at radius 2 is 2.27 bits per heavy atom. The molecule has 7 nitrogen and oxygen atoms in total. The minimum atomic E-state index is -0.493. The zero-order valence-corrected chi connectivity index (χ0v) is 13.7. The Bertz CT molecular complexity index is 646. The van der Waals surface area contributed by atoms with Gasteiger partial charge in [0.2, 0.25) is 5.95 Å². The first-order valence-electron chi connectivity index (χ1n) is 7.25. The molecule has 0 spiro atoms. The van der Waals surface area contributed by atoms with E-state index in [0.717, 1.165) is 17.8 Å². The van der Waals surface area contributed by atoms with Gasteiger partial charge in [-0.1, -0.05) is 0 Å². The van der Waals surface area contributed by atoms with E-state index in [1.165, 1.54) is 11.5 Å². The summed E-state index contributed by atoms with van der Waals surface area (Å²) in [7, 11) is 0. The van der Waals surface area contributed by atoms with Crippen LogP contribution in [0.2, 0.25) is 0 Å². The van der Waals surface area contributed by atoms with Crippen LogP contribution in [0, 0.1) is 0 Å². The number of carbonyl (C=O) groups excluding carboxylic acids is 1. The van der Waals surface area contributed by atoms with Gasteiger partial charge in [0, 0.05) is 18.9 Å². The van der Waals surface area contributed by atoms with Crippen molar-refractivity contribution in [3.63, 3.8) is 0 Å². The maximum atomic E-state index is 12.3. The summed E-state index contributed by atoms with van der Waals surface area (Å²) in [5.74, 6) is 0.591. The number of aromatic nitrogens is 4. The molecule has 0 bridgehead atoms. The molecule has 1 fully saturated rings. The Kier molecular flexibility index (Phi) is 3.86. The first-order chi connectivity index (χ1) is 10.4. The summed E-state index contributed by atoms with van der Waals surface area (Å²) in [6.07, 6.45) is 6.69. The van der Waals surface area contributed by atoms with E-state index in [0.29, 0.717) is 12.5 Å². The Morgan fingerprint density at radius 1 is 1.45 bits per heavy atom. The maximum absolute atomic E-state index is 12.3. The third-order valence-electron chi connectivity index (χ3n) is 3.33. The molecule has 1 saturated heterocycles. The van der Waals surface area contributed by atoms with Crippen LogP contribution in [0.3, 0.4) is 0 Å². The van der Waals surface area contributed by atoms with Crippen molar-refractivity contribution in [2.75, 3.05) is 6.54 Å². The van der Waals surface area contributed by atoms with Crippen molar-refractivity contribution in [1.29, 1.82) is 0 Å². The van der Waals surface area contributed by atoms with E-state index in [1.807, 2.05) is 20.8 Å². The molecule has 8 heteroatoms. The number of imidazole rings is 1. The van der Waals surface area contributed by atoms with Gasteiger partial charge in [-0.2, -0.15) is 4.37 Å². The van der Waals surface area contributed by atoms with Crippen LogP contribution in [0.5, 0.6) is 0 Å². The number of hydrogen-bond donors (Lipinski definition) is 0. The van der Waals surface area contributed by atoms with Gasteiger partial charge >= 0.3 is 6.09 Å². The summed E-state index contributed by atoms with van der Waals surface area (Å²) in [5, 5.41) is 0.840. The number of likely N-dealkylation sites (tertiary alicyclic amines) is 1. The molecule has 3 rings (SSSR count). The highest BCUT2D eigenvalue weighted by molar-refractivity contribution is 7.05. The van der Waals surface area contributed by atoms with E-state index in [-0.39, 0.29) is 12.1 Å². The number of ether oxygens (including phenoxy) is 1. The largest absolute Gasteiger partial charge is 0.444 e. The zero-order chi connectivity index (χ0) is 15.7. The van der Waals surface area contributed by atoms with E-state index in [1.54, 1.807) is 28.2 Å². The summed E-state index contributed by atoms with van der Waals surface area (Å²) >= 11 is 1.33. The van der Waals surface area contributed by atoms with E-state index in [2.05, 4.69) is 14.3 Å². The molecule has 1 atom stereocenters. The molecule has 2 aromatic heterocycles. The summed E-state index contributed by atoms with van der Waals surface area (Å²) < 4.78 is 11.6. The van der Waals surface area contributed by atoms with Crippen LogP contribution in [-0.4, -0.2) is 42.0 Å². The second-order valence-electron chi connectivity index (χ2n) is 6.23. The van der Waals surface area contributed by atoms with Crippen molar-refractivity contribution in [1.82, 2.24) is 23.8 Å². The molecule has 0 saturated carbocycles. The maximum Gasteiger partial charge on any atom is 0.410 e. The Morgan fingerprint density at radius 3 is 2.95 bits per heavy atom. The summed E-state index contributed by atoms with van der Waals surface area (Å²) in [4.78, 5) is 22.6. The van der Waals surface area contributed by atoms with Gasteiger partial charge in [-0.25, -0.2) is 14.8 Å². The Labute approximate surface area is 133 Å². The van der Waals surface area contributed by atoms with Crippen LogP contribution in [0.25, 0.3) is 5.95 Å². The van der Waals surface area contributed by atoms with Gasteiger partial charge in [0.25, 0.3) is 0 Å². The van der Waals surface area contributed by atoms with Crippen molar-refractivity contribution in [2.45, 2.75) is 45.3 Å². The minimum Gasteiger partial charge on any atom is -0.444 e. The molecule has 22 heavy (non-hydrogen) atoms. The lowest BCUT2D eigenvalue weighted by Gasteiger charge is -2.27. The molecule has 0 aromatic carbocycles. The number of nitrogens with zero attached hydrogens (tertiary/aromatic N) is 5. The quantitative estimate of drug-likeness (QED) is 0.850. The molecule has 2 aromatic rings. The zero-order valence-electron chi connectivity index (χ0n) is 12.9. The third-order valence-corrected chi connectivity index (χ3v) is 4.14. The highest BCUT2D eigenvalue weighted by Gasteiger charge is 2.35. The molecule has 1 amide bonds. The second-order valence-corrected chi connectivity index (χ2v) is 7.02. The van der Waals surface area contributed by atoms with Gasteiger partial charge in [-0.15, -0.1) is 0 Å². The van der Waals surface area contributed by atoms with Gasteiger partial charge in [-0.3, -0.25) is 9.47 Å². The van der Waals surface area contributed by atoms with E-state index >= 15 is 0 Å². The predicted molar refractivity (Wildman–Crippen MR) is 81.9 cm³/mol. The Balaban J connectivity index is 1.77. The van der Waals surface area contributed by atoms with Gasteiger partial charge < -0.3 is 4.74 Å². The van der Waals surface area contributed by atoms with E-state index in [9.17, 15) is 4.79 Å². The van der Waals surface area contributed by atoms with Gasteiger partial charge in [0.05, 0.1) is 6.04 Å². The topological polar surface area (TPSA) is 73.1 Å². The molecule has 1 aliphatic rings. The van der Waals surface area contributed by atoms with Crippen LogP contribution < -0.4 is 0 Å². The SMILES string of the molecule is CC(C)(C)OC(=O)N1CCCC1c1nc(-n2ccnc2)ns1. The average molecular weight is 321 g/mol. The van der Waals surface area contributed by atoms with Crippen molar-refractivity contribution < 1.29 is 9.53 Å². The smallest absolute Gasteiger partial charge is 0.410 e. The van der Waals surface area contributed by atoms with Crippen LogP contribution in [0.4, 0.5) is 4.79 Å². The fourth-order valence-corrected chi connectivity index (χ4v) is 3.21. The lowest BCUT2D eigenvalue weighted by atomic mass is 10.2. The molecule has 1 unspecified atom stereocenters. The highest BCUT2D eigenvalue weighted by Crippen LogP contribution is 2.34. The molecular weight excluding hydrogens is 302 g/mol. The van der Waals surface area contributed by atoms with Crippen LogP contribution >= 0.6 is 11.5 Å². The highest BCUT2D eigenvalue weighted by atomic mass is 32.1. The molecule has 3 heterocycles. The van der Waals surface area contributed by atoms with Crippen molar-refractivity contribution in [2.24, 2.45) is 0 Å². The number of hydrogen-bond acceptors (Lipinski definition) is 6. The first kappa shape index (κ1) is 15.0. The van der Waals surface area contributed by atoms with Gasteiger partial charge in [0.15, 0.2) is 0 Å². The Hall–Kier alpha value is -1.96. The van der Waals surface area contributed by atoms with Crippen LogP contribution in [-0.2, 0) is 4.74 Å². The summed E-state index contributed by atoms with van der Waals surface area (Å²) in [6.45, 7) is 6.31. The fourth-order valence-electron chi connectivity index (χ4n) is 2.41. The van der Waals surface area contributed by atoms with E-state index < -0.39 is 5.60 Å². The van der Waals surface area contributed by atoms with Crippen molar-refractivity contribution in [3.05, 3.63) is 23.7 Å². The van der Waals surface area contributed by atoms with Gasteiger partial charge in [0.1, 0.15) is 16.9 Å². The predicted octanol–water partition coefficient (Wildman–Crippen LogP) is 2.80. The molecule has 1 aliphatic heterocycles. The second kappa shape index (κ2) is 5.68. The van der Waals surface area contributed by atoms with Crippen molar-refractivity contribution >= 4 is 17.6 Å². The molecule has 0 aliphatic carbocycles. The lowest BCUT2D eigenvalue weighted by molar-refractivity contribution is 0.0224. The average Bonchev–Trinajstić information content (AvgIpc) is 3.17. The number of amides is 1. The van der Waals surface area contributed by atoms with Gasteiger partial charge in [-0.05, 0) is 45.1 Å². The monoisotopic (exact) mass is 321 g/mol. The van der Waals surface area contributed by atoms with Crippen LogP contribution in [0.15, 0.2) is 18.7 Å². The summed E-state index contributed by atoms with van der Waals surface area (Å²) in [5.41, 5.74) is -0.493. The molecular formula is C14H19N5O2S. The van der Waals surface area contributed by atoms with E-state index in [4.69, 9.17) is 4.74 Å². The number of carbonyl (C=O) groups is 1. The lowest BCUT2D eigenvalue weighted by Crippen LogP contribution is -2.36.